The van der Waals surface area contributed by atoms with Gasteiger partial charge < -0.3 is 14.3 Å². The predicted molar refractivity (Wildman–Crippen MR) is 114 cm³/mol. The second-order valence-electron chi connectivity index (χ2n) is 6.97. The first-order chi connectivity index (χ1) is 14.6. The number of ether oxygens (including phenoxy) is 1. The summed E-state index contributed by atoms with van der Waals surface area (Å²) in [5.41, 5.74) is 4.02. The third kappa shape index (κ3) is 3.29. The number of ketones is 1. The summed E-state index contributed by atoms with van der Waals surface area (Å²) in [4.78, 5) is 28.4. The van der Waals surface area contributed by atoms with Crippen molar-refractivity contribution in [3.63, 3.8) is 0 Å². The molecule has 8 heteroatoms. The summed E-state index contributed by atoms with van der Waals surface area (Å²) in [5.74, 6) is 1.16. The number of nitrogens with one attached hydrogen (secondary N) is 1. The molecule has 0 saturated carbocycles. The summed E-state index contributed by atoms with van der Waals surface area (Å²) in [6, 6.07) is 9.30. The number of benzene rings is 2. The van der Waals surface area contributed by atoms with Crippen LogP contribution in [0.2, 0.25) is 5.02 Å². The highest BCUT2D eigenvalue weighted by Gasteiger charge is 2.15. The minimum atomic E-state index is -0.0155. The molecule has 0 aliphatic rings. The Bertz CT molecular complexity index is 1390. The van der Waals surface area contributed by atoms with Crippen molar-refractivity contribution in [3.05, 3.63) is 77.7 Å². The van der Waals surface area contributed by atoms with Crippen LogP contribution in [-0.4, -0.2) is 30.3 Å². The van der Waals surface area contributed by atoms with Gasteiger partial charge in [-0.15, -0.1) is 0 Å². The molecule has 0 unspecified atom stereocenters. The quantitative estimate of drug-likeness (QED) is 0.409. The van der Waals surface area contributed by atoms with Crippen LogP contribution in [0.25, 0.3) is 21.9 Å². The van der Waals surface area contributed by atoms with E-state index in [0.29, 0.717) is 22.1 Å². The maximum absolute atomic E-state index is 13.0. The fraction of sp³-hybridized carbons (Fsp3) is 0.0909. The van der Waals surface area contributed by atoms with Crippen LogP contribution in [0.3, 0.4) is 0 Å². The molecule has 3 heterocycles. The molecule has 0 atom stereocenters. The summed E-state index contributed by atoms with van der Waals surface area (Å²) in [6.45, 7) is 2.12. The molecule has 0 fully saturated rings. The van der Waals surface area contributed by atoms with Crippen molar-refractivity contribution in [3.8, 4) is 11.5 Å². The number of H-pyrrole nitrogens is 1. The van der Waals surface area contributed by atoms with Crippen LogP contribution >= 0.6 is 11.6 Å². The van der Waals surface area contributed by atoms with Gasteiger partial charge in [-0.1, -0.05) is 11.6 Å². The van der Waals surface area contributed by atoms with E-state index in [9.17, 15) is 4.79 Å². The number of Topliss-reactive ketones (excluding diaryl/α,β-unsaturated/α-hetero) is 1. The fourth-order valence-electron chi connectivity index (χ4n) is 3.42. The molecule has 5 aromatic rings. The van der Waals surface area contributed by atoms with E-state index in [1.807, 2.05) is 41.8 Å². The largest absolute Gasteiger partial charge is 0.454 e. The number of rotatable bonds is 5. The summed E-state index contributed by atoms with van der Waals surface area (Å²) in [6.07, 6.45) is 8.01. The molecule has 0 spiro atoms. The Morgan fingerprint density at radius 1 is 1.17 bits per heavy atom. The molecule has 148 valence electrons. The number of carbonyl (C=O) groups excluding carboxylic acids is 1. The van der Waals surface area contributed by atoms with Crippen molar-refractivity contribution < 1.29 is 9.53 Å². The molecule has 7 nitrogen and oxygen atoms in total. The van der Waals surface area contributed by atoms with E-state index in [2.05, 4.69) is 19.9 Å². The highest BCUT2D eigenvalue weighted by molar-refractivity contribution is 6.32. The van der Waals surface area contributed by atoms with Crippen LogP contribution in [0.5, 0.6) is 11.5 Å². The van der Waals surface area contributed by atoms with Crippen molar-refractivity contribution in [2.24, 2.45) is 0 Å². The van der Waals surface area contributed by atoms with E-state index in [-0.39, 0.29) is 12.3 Å². The molecular formula is C22H16ClN5O2. The van der Waals surface area contributed by atoms with Gasteiger partial charge in [-0.25, -0.2) is 15.0 Å². The van der Waals surface area contributed by atoms with Crippen molar-refractivity contribution in [1.29, 1.82) is 0 Å². The van der Waals surface area contributed by atoms with Gasteiger partial charge >= 0.3 is 0 Å². The number of hydrogen-bond donors (Lipinski definition) is 1. The minimum Gasteiger partial charge on any atom is -0.454 e. The van der Waals surface area contributed by atoms with Crippen LogP contribution in [0.15, 0.2) is 61.6 Å². The monoisotopic (exact) mass is 417 g/mol. The lowest BCUT2D eigenvalue weighted by Crippen LogP contribution is -2.09. The molecule has 0 saturated heterocycles. The molecule has 0 aliphatic heterocycles. The highest BCUT2D eigenvalue weighted by Crippen LogP contribution is 2.28. The van der Waals surface area contributed by atoms with E-state index >= 15 is 0 Å². The number of aromatic amines is 1. The number of imidazole rings is 1. The van der Waals surface area contributed by atoms with Gasteiger partial charge in [0.25, 0.3) is 0 Å². The molecule has 0 amide bonds. The van der Waals surface area contributed by atoms with Crippen LogP contribution in [0.1, 0.15) is 15.9 Å². The Balaban J connectivity index is 1.42. The zero-order valence-electron chi connectivity index (χ0n) is 16.0. The summed E-state index contributed by atoms with van der Waals surface area (Å²) >= 11 is 6.18. The summed E-state index contributed by atoms with van der Waals surface area (Å²) in [7, 11) is 0. The third-order valence-corrected chi connectivity index (χ3v) is 5.35. The predicted octanol–water partition coefficient (Wildman–Crippen LogP) is 4.94. The van der Waals surface area contributed by atoms with Gasteiger partial charge in [-0.05, 0) is 36.8 Å². The Kier molecular flexibility index (Phi) is 4.44. The number of aryl methyl sites for hydroxylation is 1. The molecule has 3 aromatic heterocycles. The van der Waals surface area contributed by atoms with Gasteiger partial charge in [0, 0.05) is 33.8 Å². The number of carbonyl (C=O) groups is 1. The average molecular weight is 418 g/mol. The van der Waals surface area contributed by atoms with Crippen LogP contribution < -0.4 is 4.74 Å². The van der Waals surface area contributed by atoms with E-state index in [0.717, 1.165) is 27.5 Å². The summed E-state index contributed by atoms with van der Waals surface area (Å²) in [5, 5.41) is 1.50. The lowest BCUT2D eigenvalue weighted by molar-refractivity contribution is 0.0975. The lowest BCUT2D eigenvalue weighted by atomic mass is 10.1. The first-order valence-corrected chi connectivity index (χ1v) is 9.64. The SMILES string of the molecule is Cc1cc2c(cc1Cl)ncn2CC(=O)c1c[nH]c2cc(Oc3cncnc3)ccc12. The van der Waals surface area contributed by atoms with Crippen LogP contribution in [0.4, 0.5) is 0 Å². The fourth-order valence-corrected chi connectivity index (χ4v) is 3.58. The van der Waals surface area contributed by atoms with Crippen LogP contribution in [-0.2, 0) is 6.54 Å². The molecule has 5 rings (SSSR count). The van der Waals surface area contributed by atoms with Gasteiger partial charge in [0.1, 0.15) is 12.1 Å². The van der Waals surface area contributed by atoms with E-state index in [1.54, 1.807) is 24.9 Å². The number of aromatic nitrogens is 5. The summed E-state index contributed by atoms with van der Waals surface area (Å²) < 4.78 is 7.60. The average Bonchev–Trinajstić information content (AvgIpc) is 3.33. The molecule has 1 N–H and O–H groups in total. The number of halogens is 1. The molecule has 0 radical (unpaired) electrons. The standard InChI is InChI=1S/C22H16ClN5O2/c1-13-4-21-20(6-18(13)23)27-12-28(21)10-22(29)17-9-26-19-5-14(2-3-16(17)19)30-15-7-24-11-25-8-15/h2-9,11-12,26H,10H2,1H3. The number of fused-ring (bicyclic) bond motifs is 2. The Labute approximate surface area is 176 Å². The first-order valence-electron chi connectivity index (χ1n) is 9.26. The minimum absolute atomic E-state index is 0.0155. The maximum Gasteiger partial charge on any atom is 0.184 e. The maximum atomic E-state index is 13.0. The molecule has 0 bridgehead atoms. The number of nitrogens with zero attached hydrogens (tertiary/aromatic N) is 4. The van der Waals surface area contributed by atoms with Gasteiger partial charge in [0.15, 0.2) is 11.5 Å². The van der Waals surface area contributed by atoms with E-state index in [4.69, 9.17) is 16.3 Å². The van der Waals surface area contributed by atoms with Gasteiger partial charge in [0.2, 0.25) is 0 Å². The molecule has 0 aliphatic carbocycles. The van der Waals surface area contributed by atoms with Gasteiger partial charge in [-0.3, -0.25) is 4.79 Å². The second kappa shape index (κ2) is 7.27. The zero-order chi connectivity index (χ0) is 20.7. The zero-order valence-corrected chi connectivity index (χ0v) is 16.7. The smallest absolute Gasteiger partial charge is 0.184 e. The highest BCUT2D eigenvalue weighted by atomic mass is 35.5. The van der Waals surface area contributed by atoms with Crippen molar-refractivity contribution in [2.45, 2.75) is 13.5 Å². The topological polar surface area (TPSA) is 85.7 Å². The number of hydrogen-bond acceptors (Lipinski definition) is 5. The molecule has 2 aromatic carbocycles. The molecule has 30 heavy (non-hydrogen) atoms. The third-order valence-electron chi connectivity index (χ3n) is 4.94. The van der Waals surface area contributed by atoms with Crippen molar-refractivity contribution >= 4 is 39.3 Å². The van der Waals surface area contributed by atoms with Crippen molar-refractivity contribution in [2.75, 3.05) is 0 Å². The van der Waals surface area contributed by atoms with E-state index in [1.165, 1.54) is 6.33 Å². The Hall–Kier alpha value is -3.71. The molecular weight excluding hydrogens is 402 g/mol. The van der Waals surface area contributed by atoms with E-state index < -0.39 is 0 Å². The Morgan fingerprint density at radius 3 is 2.83 bits per heavy atom. The van der Waals surface area contributed by atoms with Gasteiger partial charge in [0.05, 0.1) is 36.3 Å². The first kappa shape index (κ1) is 18.3. The normalized spacial score (nSPS) is 11.3. The van der Waals surface area contributed by atoms with Crippen molar-refractivity contribution in [1.82, 2.24) is 24.5 Å². The lowest BCUT2D eigenvalue weighted by Gasteiger charge is -2.06. The second-order valence-corrected chi connectivity index (χ2v) is 7.38. The van der Waals surface area contributed by atoms with Crippen LogP contribution in [0, 0.1) is 6.92 Å². The van der Waals surface area contributed by atoms with Gasteiger partial charge in [-0.2, -0.15) is 0 Å². The Morgan fingerprint density at radius 2 is 2.00 bits per heavy atom.